The molecule has 0 spiro atoms. The van der Waals surface area contributed by atoms with Gasteiger partial charge in [-0.2, -0.15) is 0 Å². The third-order valence-corrected chi connectivity index (χ3v) is 5.25. The second-order valence-corrected chi connectivity index (χ2v) is 7.35. The first-order valence-corrected chi connectivity index (χ1v) is 7.98. The van der Waals surface area contributed by atoms with E-state index in [0.29, 0.717) is 9.88 Å². The van der Waals surface area contributed by atoms with E-state index in [1.54, 1.807) is 0 Å². The third kappa shape index (κ3) is 2.97. The van der Waals surface area contributed by atoms with Gasteiger partial charge in [-0.05, 0) is 31.1 Å². The number of hydrogen-bond acceptors (Lipinski definition) is 5. The maximum absolute atomic E-state index is 12.2. The van der Waals surface area contributed by atoms with E-state index in [-0.39, 0.29) is 28.6 Å². The molecule has 0 saturated heterocycles. The first-order chi connectivity index (χ1) is 9.89. The Bertz CT molecular complexity index is 602. The number of primary amides is 1. The molecule has 114 valence electrons. The van der Waals surface area contributed by atoms with Crippen LogP contribution in [0.1, 0.15) is 52.6 Å². The van der Waals surface area contributed by atoms with Crippen LogP contribution in [0.5, 0.6) is 0 Å². The van der Waals surface area contributed by atoms with E-state index in [9.17, 15) is 9.59 Å². The number of thiophene rings is 1. The number of anilines is 2. The molecule has 2 saturated carbocycles. The van der Waals surface area contributed by atoms with Crippen LogP contribution in [0.2, 0.25) is 0 Å². The molecule has 2 aliphatic rings. The Morgan fingerprint density at radius 3 is 2.57 bits per heavy atom. The van der Waals surface area contributed by atoms with Crippen molar-refractivity contribution >= 4 is 33.8 Å². The minimum Gasteiger partial charge on any atom is -0.397 e. The predicted molar refractivity (Wildman–Crippen MR) is 83.6 cm³/mol. The van der Waals surface area contributed by atoms with Gasteiger partial charge in [-0.25, -0.2) is 0 Å². The van der Waals surface area contributed by atoms with E-state index < -0.39 is 5.91 Å². The fourth-order valence-electron chi connectivity index (χ4n) is 2.14. The topological polar surface area (TPSA) is 110 Å². The number of rotatable bonds is 6. The number of amides is 2. The second-order valence-electron chi connectivity index (χ2n) is 6.33. The van der Waals surface area contributed by atoms with Crippen molar-refractivity contribution in [3.05, 3.63) is 10.4 Å². The highest BCUT2D eigenvalue weighted by atomic mass is 32.1. The van der Waals surface area contributed by atoms with E-state index in [2.05, 4.69) is 17.6 Å². The Morgan fingerprint density at radius 2 is 2.05 bits per heavy atom. The van der Waals surface area contributed by atoms with E-state index >= 15 is 0 Å². The summed E-state index contributed by atoms with van der Waals surface area (Å²) >= 11 is 1.21. The van der Waals surface area contributed by atoms with Gasteiger partial charge >= 0.3 is 0 Å². The van der Waals surface area contributed by atoms with Crippen LogP contribution in [0.15, 0.2) is 0 Å². The van der Waals surface area contributed by atoms with Gasteiger partial charge in [0.1, 0.15) is 9.88 Å². The van der Waals surface area contributed by atoms with Gasteiger partial charge < -0.3 is 22.1 Å². The van der Waals surface area contributed by atoms with Crippen LogP contribution in [-0.2, 0) is 0 Å². The van der Waals surface area contributed by atoms with Gasteiger partial charge in [0.2, 0.25) is 0 Å². The van der Waals surface area contributed by atoms with Crippen molar-refractivity contribution in [1.29, 1.82) is 0 Å². The fourth-order valence-corrected chi connectivity index (χ4v) is 3.17. The quantitative estimate of drug-likeness (QED) is 0.638. The smallest absolute Gasteiger partial charge is 0.263 e. The van der Waals surface area contributed by atoms with Gasteiger partial charge in [-0.15, -0.1) is 11.3 Å². The van der Waals surface area contributed by atoms with Gasteiger partial charge in [0.25, 0.3) is 11.8 Å². The van der Waals surface area contributed by atoms with Crippen molar-refractivity contribution in [2.45, 2.75) is 38.6 Å². The fraction of sp³-hybridized carbons (Fsp3) is 0.571. The monoisotopic (exact) mass is 308 g/mol. The number of nitrogen functional groups attached to an aromatic ring is 1. The predicted octanol–water partition coefficient (Wildman–Crippen LogP) is 1.53. The van der Waals surface area contributed by atoms with Crippen molar-refractivity contribution in [1.82, 2.24) is 5.32 Å². The Morgan fingerprint density at radius 1 is 1.38 bits per heavy atom. The zero-order chi connectivity index (χ0) is 15.2. The van der Waals surface area contributed by atoms with E-state index in [1.165, 1.54) is 24.2 Å². The lowest BCUT2D eigenvalue weighted by molar-refractivity contribution is 0.0955. The summed E-state index contributed by atoms with van der Waals surface area (Å²) < 4.78 is 0. The molecular formula is C14H20N4O2S. The molecule has 0 aromatic carbocycles. The molecule has 2 aliphatic carbocycles. The number of carbonyl (C=O) groups excluding carboxylic acids is 2. The average Bonchev–Trinajstić information content (AvgIpc) is 3.31. The molecule has 2 fully saturated rings. The summed E-state index contributed by atoms with van der Waals surface area (Å²) in [5, 5.41) is 6.73. The number of carbonyl (C=O) groups is 2. The molecule has 6 nitrogen and oxygen atoms in total. The van der Waals surface area contributed by atoms with Gasteiger partial charge in [-0.1, -0.05) is 6.92 Å². The van der Waals surface area contributed by atoms with E-state index in [4.69, 9.17) is 11.5 Å². The van der Waals surface area contributed by atoms with Crippen molar-refractivity contribution in [2.75, 3.05) is 17.6 Å². The summed E-state index contributed by atoms with van der Waals surface area (Å²) in [4.78, 5) is 24.2. The largest absolute Gasteiger partial charge is 0.397 e. The van der Waals surface area contributed by atoms with Crippen molar-refractivity contribution in [2.24, 2.45) is 11.1 Å². The zero-order valence-electron chi connectivity index (χ0n) is 12.0. The first-order valence-electron chi connectivity index (χ1n) is 7.16. The summed E-state index contributed by atoms with van der Waals surface area (Å²) in [6.07, 6.45) is 4.34. The molecule has 7 heteroatoms. The molecule has 0 radical (unpaired) electrons. The van der Waals surface area contributed by atoms with Crippen LogP contribution in [0.4, 0.5) is 10.7 Å². The first kappa shape index (κ1) is 14.2. The molecule has 6 N–H and O–H groups in total. The molecule has 2 amide bonds. The van der Waals surface area contributed by atoms with Gasteiger partial charge in [0.15, 0.2) is 0 Å². The second kappa shape index (κ2) is 4.91. The van der Waals surface area contributed by atoms with Crippen LogP contribution < -0.4 is 22.1 Å². The maximum atomic E-state index is 12.2. The van der Waals surface area contributed by atoms with Crippen molar-refractivity contribution in [3.63, 3.8) is 0 Å². The molecule has 1 heterocycles. The van der Waals surface area contributed by atoms with Crippen LogP contribution in [0, 0.1) is 5.41 Å². The van der Waals surface area contributed by atoms with E-state index in [0.717, 1.165) is 19.4 Å². The van der Waals surface area contributed by atoms with Crippen LogP contribution in [-0.4, -0.2) is 24.4 Å². The molecule has 21 heavy (non-hydrogen) atoms. The number of nitrogens with two attached hydrogens (primary N) is 2. The lowest BCUT2D eigenvalue weighted by atomic mass is 10.1. The summed E-state index contributed by atoms with van der Waals surface area (Å²) in [7, 11) is 0. The molecule has 0 aliphatic heterocycles. The van der Waals surface area contributed by atoms with Gasteiger partial charge in [0, 0.05) is 12.6 Å². The molecule has 0 bridgehead atoms. The molecule has 0 unspecified atom stereocenters. The van der Waals surface area contributed by atoms with Crippen LogP contribution in [0.3, 0.4) is 0 Å². The SMILES string of the molecule is CC1(CNc2sc(C(=O)NC3CC3)c(N)c2C(N)=O)CC1. The maximum Gasteiger partial charge on any atom is 0.263 e. The zero-order valence-corrected chi connectivity index (χ0v) is 12.8. The molecule has 1 aromatic heterocycles. The summed E-state index contributed by atoms with van der Waals surface area (Å²) in [6, 6.07) is 0.248. The molecular weight excluding hydrogens is 288 g/mol. The molecule has 0 atom stereocenters. The summed E-state index contributed by atoms with van der Waals surface area (Å²) in [6.45, 7) is 2.94. The highest BCUT2D eigenvalue weighted by Crippen LogP contribution is 2.46. The Balaban J connectivity index is 1.82. The van der Waals surface area contributed by atoms with E-state index in [1.807, 2.05) is 0 Å². The normalized spacial score (nSPS) is 19.1. The van der Waals surface area contributed by atoms with Crippen molar-refractivity contribution in [3.8, 4) is 0 Å². The Kier molecular flexibility index (Phi) is 3.32. The van der Waals surface area contributed by atoms with Gasteiger partial charge in [0.05, 0.1) is 11.3 Å². The van der Waals surface area contributed by atoms with Crippen LogP contribution in [0.25, 0.3) is 0 Å². The Hall–Kier alpha value is -1.76. The highest BCUT2D eigenvalue weighted by Gasteiger charge is 2.37. The third-order valence-electron chi connectivity index (χ3n) is 4.09. The standard InChI is InChI=1S/C14H20N4O2S/c1-14(4-5-14)6-17-13-8(11(16)19)9(15)10(21-13)12(20)18-7-2-3-7/h7,17H,2-6,15H2,1H3,(H2,16,19)(H,18,20). The summed E-state index contributed by atoms with van der Waals surface area (Å²) in [5.41, 5.74) is 12.1. The lowest BCUT2D eigenvalue weighted by Crippen LogP contribution is -2.25. The average molecular weight is 308 g/mol. The van der Waals surface area contributed by atoms with Crippen molar-refractivity contribution < 1.29 is 9.59 Å². The Labute approximate surface area is 127 Å². The lowest BCUT2D eigenvalue weighted by Gasteiger charge is -2.10. The summed E-state index contributed by atoms with van der Waals surface area (Å²) in [5.74, 6) is -0.814. The molecule has 1 aromatic rings. The number of nitrogens with one attached hydrogen (secondary N) is 2. The minimum atomic E-state index is -0.599. The van der Waals surface area contributed by atoms with Gasteiger partial charge in [-0.3, -0.25) is 9.59 Å². The number of hydrogen-bond donors (Lipinski definition) is 4. The minimum absolute atomic E-state index is 0.189. The highest BCUT2D eigenvalue weighted by molar-refractivity contribution is 7.19. The van der Waals surface area contributed by atoms with Crippen LogP contribution >= 0.6 is 11.3 Å². The molecule has 3 rings (SSSR count).